The second-order valence-electron chi connectivity index (χ2n) is 3.82. The van der Waals surface area contributed by atoms with Crippen LogP contribution in [0.1, 0.15) is 19.3 Å². The Morgan fingerprint density at radius 3 is 2.73 bits per heavy atom. The number of para-hydroxylation sites is 1. The van der Waals surface area contributed by atoms with Crippen LogP contribution in [0.2, 0.25) is 0 Å². The Bertz CT molecular complexity index is 368. The number of carbonyl (C=O) groups is 1. The second kappa shape index (κ2) is 3.88. The second-order valence-corrected chi connectivity index (χ2v) is 3.82. The van der Waals surface area contributed by atoms with Crippen LogP contribution < -0.4 is 11.1 Å². The fourth-order valence-corrected chi connectivity index (χ4v) is 1.57. The molecule has 0 unspecified atom stereocenters. The molecule has 15 heavy (non-hydrogen) atoms. The van der Waals surface area contributed by atoms with Gasteiger partial charge < -0.3 is 11.1 Å². The van der Waals surface area contributed by atoms with Gasteiger partial charge in [-0.2, -0.15) is 0 Å². The van der Waals surface area contributed by atoms with E-state index in [1.165, 1.54) is 12.1 Å². The zero-order valence-corrected chi connectivity index (χ0v) is 8.29. The average molecular weight is 208 g/mol. The topological polar surface area (TPSA) is 55.1 Å². The summed E-state index contributed by atoms with van der Waals surface area (Å²) in [4.78, 5) is 11.6. The van der Waals surface area contributed by atoms with E-state index < -0.39 is 5.82 Å². The standard InChI is InChI=1S/C11H13FN2O/c12-8-5-2-6-9(13)10(8)14-11(15)7-3-1-4-7/h2,5-7H,1,3-4,13H2,(H,14,15). The summed E-state index contributed by atoms with van der Waals surface area (Å²) in [7, 11) is 0. The molecule has 0 aromatic heterocycles. The summed E-state index contributed by atoms with van der Waals surface area (Å²) in [5.74, 6) is -0.579. The fourth-order valence-electron chi connectivity index (χ4n) is 1.57. The van der Waals surface area contributed by atoms with Crippen LogP contribution in [-0.2, 0) is 4.79 Å². The Morgan fingerprint density at radius 2 is 2.20 bits per heavy atom. The number of benzene rings is 1. The van der Waals surface area contributed by atoms with E-state index in [9.17, 15) is 9.18 Å². The lowest BCUT2D eigenvalue weighted by molar-refractivity contribution is -0.122. The van der Waals surface area contributed by atoms with Crippen LogP contribution in [-0.4, -0.2) is 5.91 Å². The molecule has 2 rings (SSSR count). The molecule has 0 aliphatic heterocycles. The highest BCUT2D eigenvalue weighted by Gasteiger charge is 2.26. The highest BCUT2D eigenvalue weighted by molar-refractivity contribution is 5.95. The summed E-state index contributed by atoms with van der Waals surface area (Å²) in [6.45, 7) is 0. The molecule has 1 aliphatic carbocycles. The maximum absolute atomic E-state index is 13.3. The Morgan fingerprint density at radius 1 is 1.47 bits per heavy atom. The van der Waals surface area contributed by atoms with E-state index in [0.29, 0.717) is 0 Å². The highest BCUT2D eigenvalue weighted by Crippen LogP contribution is 2.29. The number of anilines is 2. The summed E-state index contributed by atoms with van der Waals surface area (Å²) in [6, 6.07) is 4.37. The van der Waals surface area contributed by atoms with E-state index in [0.717, 1.165) is 19.3 Å². The molecule has 3 N–H and O–H groups in total. The molecule has 0 heterocycles. The first-order chi connectivity index (χ1) is 7.18. The van der Waals surface area contributed by atoms with Crippen LogP contribution in [0.25, 0.3) is 0 Å². The van der Waals surface area contributed by atoms with Gasteiger partial charge in [0.25, 0.3) is 0 Å². The number of hydrogen-bond donors (Lipinski definition) is 2. The van der Waals surface area contributed by atoms with Gasteiger partial charge in [0.15, 0.2) is 0 Å². The van der Waals surface area contributed by atoms with Crippen LogP contribution in [0.3, 0.4) is 0 Å². The molecule has 0 radical (unpaired) electrons. The molecule has 1 aromatic carbocycles. The first-order valence-corrected chi connectivity index (χ1v) is 5.03. The highest BCUT2D eigenvalue weighted by atomic mass is 19.1. The zero-order valence-electron chi connectivity index (χ0n) is 8.29. The third-order valence-corrected chi connectivity index (χ3v) is 2.77. The van der Waals surface area contributed by atoms with Crippen molar-refractivity contribution in [2.45, 2.75) is 19.3 Å². The molecule has 1 saturated carbocycles. The fraction of sp³-hybridized carbons (Fsp3) is 0.364. The number of nitrogen functional groups attached to an aromatic ring is 1. The van der Waals surface area contributed by atoms with Crippen molar-refractivity contribution in [2.24, 2.45) is 5.92 Å². The summed E-state index contributed by atoms with van der Waals surface area (Å²) in [6.07, 6.45) is 2.85. The smallest absolute Gasteiger partial charge is 0.227 e. The summed E-state index contributed by atoms with van der Waals surface area (Å²) in [5.41, 5.74) is 5.95. The monoisotopic (exact) mass is 208 g/mol. The van der Waals surface area contributed by atoms with Crippen molar-refractivity contribution in [3.05, 3.63) is 24.0 Å². The minimum atomic E-state index is -0.484. The number of carbonyl (C=O) groups excluding carboxylic acids is 1. The number of halogens is 1. The van der Waals surface area contributed by atoms with E-state index in [1.54, 1.807) is 6.07 Å². The Labute approximate surface area is 87.5 Å². The SMILES string of the molecule is Nc1cccc(F)c1NC(=O)C1CCC1. The lowest BCUT2D eigenvalue weighted by Crippen LogP contribution is -2.28. The van der Waals surface area contributed by atoms with Crippen molar-refractivity contribution in [1.82, 2.24) is 0 Å². The van der Waals surface area contributed by atoms with Crippen LogP contribution in [0.4, 0.5) is 15.8 Å². The molecule has 0 bridgehead atoms. The summed E-state index contributed by atoms with van der Waals surface area (Å²) >= 11 is 0. The largest absolute Gasteiger partial charge is 0.397 e. The summed E-state index contributed by atoms with van der Waals surface area (Å²) in [5, 5.41) is 2.54. The van der Waals surface area contributed by atoms with Gasteiger partial charge in [0.1, 0.15) is 11.5 Å². The van der Waals surface area contributed by atoms with E-state index in [2.05, 4.69) is 5.32 Å². The van der Waals surface area contributed by atoms with Crippen molar-refractivity contribution in [1.29, 1.82) is 0 Å². The van der Waals surface area contributed by atoms with Crippen LogP contribution in [0, 0.1) is 11.7 Å². The molecule has 1 fully saturated rings. The van der Waals surface area contributed by atoms with Crippen LogP contribution >= 0.6 is 0 Å². The minimum Gasteiger partial charge on any atom is -0.397 e. The third-order valence-electron chi connectivity index (χ3n) is 2.77. The molecule has 80 valence electrons. The molecule has 1 aromatic rings. The first-order valence-electron chi connectivity index (χ1n) is 5.03. The lowest BCUT2D eigenvalue weighted by atomic mass is 9.85. The molecule has 3 nitrogen and oxygen atoms in total. The van der Waals surface area contributed by atoms with E-state index in [1.807, 2.05) is 0 Å². The van der Waals surface area contributed by atoms with Crippen molar-refractivity contribution >= 4 is 17.3 Å². The van der Waals surface area contributed by atoms with Crippen molar-refractivity contribution < 1.29 is 9.18 Å². The summed E-state index contributed by atoms with van der Waals surface area (Å²) < 4.78 is 13.3. The molecule has 0 saturated heterocycles. The van der Waals surface area contributed by atoms with Gasteiger partial charge in [-0.05, 0) is 25.0 Å². The average Bonchev–Trinajstić information content (AvgIpc) is 2.08. The van der Waals surface area contributed by atoms with Crippen molar-refractivity contribution in [3.63, 3.8) is 0 Å². The molecule has 1 amide bonds. The van der Waals surface area contributed by atoms with E-state index in [-0.39, 0.29) is 23.2 Å². The maximum atomic E-state index is 13.3. The quantitative estimate of drug-likeness (QED) is 0.731. The number of nitrogens with two attached hydrogens (primary N) is 1. The minimum absolute atomic E-state index is 0.0315. The van der Waals surface area contributed by atoms with Gasteiger partial charge in [0.05, 0.1) is 5.69 Å². The van der Waals surface area contributed by atoms with Crippen LogP contribution in [0.15, 0.2) is 18.2 Å². The third kappa shape index (κ3) is 1.93. The van der Waals surface area contributed by atoms with Gasteiger partial charge in [-0.25, -0.2) is 4.39 Å². The van der Waals surface area contributed by atoms with E-state index >= 15 is 0 Å². The Balaban J connectivity index is 2.12. The number of amides is 1. The number of nitrogens with one attached hydrogen (secondary N) is 1. The van der Waals surface area contributed by atoms with Gasteiger partial charge in [-0.15, -0.1) is 0 Å². The Hall–Kier alpha value is -1.58. The van der Waals surface area contributed by atoms with Gasteiger partial charge >= 0.3 is 0 Å². The van der Waals surface area contributed by atoms with Gasteiger partial charge in [0.2, 0.25) is 5.91 Å². The first kappa shape index (κ1) is 9.96. The Kier molecular flexibility index (Phi) is 2.58. The molecule has 1 aliphatic rings. The van der Waals surface area contributed by atoms with E-state index in [4.69, 9.17) is 5.73 Å². The van der Waals surface area contributed by atoms with Gasteiger partial charge in [-0.3, -0.25) is 4.79 Å². The van der Waals surface area contributed by atoms with Gasteiger partial charge in [0, 0.05) is 5.92 Å². The van der Waals surface area contributed by atoms with Crippen LogP contribution in [0.5, 0.6) is 0 Å². The van der Waals surface area contributed by atoms with Crippen molar-refractivity contribution in [2.75, 3.05) is 11.1 Å². The van der Waals surface area contributed by atoms with Gasteiger partial charge in [-0.1, -0.05) is 12.5 Å². The zero-order chi connectivity index (χ0) is 10.8. The normalized spacial score (nSPS) is 15.8. The number of rotatable bonds is 2. The predicted octanol–water partition coefficient (Wildman–Crippen LogP) is 2.15. The van der Waals surface area contributed by atoms with Crippen molar-refractivity contribution in [3.8, 4) is 0 Å². The molecule has 4 heteroatoms. The molecule has 0 atom stereocenters. The molecule has 0 spiro atoms. The predicted molar refractivity (Wildman–Crippen MR) is 56.8 cm³/mol. The maximum Gasteiger partial charge on any atom is 0.227 e. The molecular formula is C11H13FN2O. The number of hydrogen-bond acceptors (Lipinski definition) is 2. The molecular weight excluding hydrogens is 195 g/mol. The lowest BCUT2D eigenvalue weighted by Gasteiger charge is -2.24.